The van der Waals surface area contributed by atoms with E-state index < -0.39 is 0 Å². The van der Waals surface area contributed by atoms with Gasteiger partial charge in [-0.25, -0.2) is 4.98 Å². The lowest BCUT2D eigenvalue weighted by Gasteiger charge is -2.18. The number of aliphatic hydroxyl groups is 1. The van der Waals surface area contributed by atoms with E-state index in [-0.39, 0.29) is 5.76 Å². The molecule has 3 aromatic rings. The summed E-state index contributed by atoms with van der Waals surface area (Å²) >= 11 is 1.50. The van der Waals surface area contributed by atoms with Crippen LogP contribution in [0.2, 0.25) is 0 Å². The van der Waals surface area contributed by atoms with Crippen LogP contribution < -0.4 is 4.74 Å². The van der Waals surface area contributed by atoms with Crippen LogP contribution in [0.4, 0.5) is 0 Å². The monoisotopic (exact) mass is 351 g/mol. The fourth-order valence-electron chi connectivity index (χ4n) is 2.96. The van der Waals surface area contributed by atoms with E-state index in [1.165, 1.54) is 11.3 Å². The van der Waals surface area contributed by atoms with Gasteiger partial charge in [0.25, 0.3) is 0 Å². The first-order chi connectivity index (χ1) is 12.2. The van der Waals surface area contributed by atoms with Crippen molar-refractivity contribution in [3.8, 4) is 5.75 Å². The second-order valence-corrected chi connectivity index (χ2v) is 6.90. The second kappa shape index (κ2) is 6.22. The number of methoxy groups -OCH3 is 1. The Morgan fingerprint density at radius 1 is 1.24 bits per heavy atom. The van der Waals surface area contributed by atoms with Crippen LogP contribution in [0.25, 0.3) is 15.8 Å². The maximum Gasteiger partial charge on any atom is 0.135 e. The molecular weight excluding hydrogens is 334 g/mol. The van der Waals surface area contributed by atoms with Gasteiger partial charge in [-0.2, -0.15) is 0 Å². The maximum absolute atomic E-state index is 10.4. The predicted octanol–water partition coefficient (Wildman–Crippen LogP) is 4.07. The minimum Gasteiger partial charge on any atom is -0.510 e. The van der Waals surface area contributed by atoms with E-state index in [1.807, 2.05) is 53.4 Å². The highest BCUT2D eigenvalue weighted by Gasteiger charge is 2.30. The summed E-state index contributed by atoms with van der Waals surface area (Å²) in [7, 11) is 1.63. The molecule has 126 valence electrons. The van der Waals surface area contributed by atoms with Gasteiger partial charge in [0.2, 0.25) is 0 Å². The molecule has 0 saturated heterocycles. The summed E-state index contributed by atoms with van der Waals surface area (Å²) in [5.41, 5.74) is 2.45. The Hall–Kier alpha value is -2.86. The van der Waals surface area contributed by atoms with Crippen molar-refractivity contribution < 1.29 is 9.84 Å². The van der Waals surface area contributed by atoms with Crippen LogP contribution in [-0.2, 0) is 6.54 Å². The van der Waals surface area contributed by atoms with Crippen molar-refractivity contribution in [3.63, 3.8) is 0 Å². The third-order valence-corrected chi connectivity index (χ3v) is 5.25. The number of ether oxygens (including phenoxy) is 1. The maximum atomic E-state index is 10.4. The zero-order chi connectivity index (χ0) is 17.4. The van der Waals surface area contributed by atoms with Crippen LogP contribution in [-0.4, -0.2) is 34.5 Å². The van der Waals surface area contributed by atoms with Gasteiger partial charge in [0, 0.05) is 6.54 Å². The standard InChI is InChI=1S/C19H17N3O2S/c1-24-13-6-4-5-12(9-13)10-22-11-15(23)17(18(22)20)19-21-14-7-2-3-8-16(14)25-19/h2-9,20,23H,10-11H2,1H3. The fraction of sp³-hybridized carbons (Fsp3) is 0.158. The van der Waals surface area contributed by atoms with Gasteiger partial charge in [0.1, 0.15) is 22.4 Å². The third kappa shape index (κ3) is 2.85. The Bertz CT molecular complexity index is 960. The molecule has 0 saturated carbocycles. The van der Waals surface area contributed by atoms with E-state index in [2.05, 4.69) is 4.98 Å². The van der Waals surface area contributed by atoms with Gasteiger partial charge in [-0.3, -0.25) is 5.41 Å². The summed E-state index contributed by atoms with van der Waals surface area (Å²) in [6.45, 7) is 0.857. The number of nitrogens with one attached hydrogen (secondary N) is 1. The number of aromatic nitrogens is 1. The topological polar surface area (TPSA) is 69.4 Å². The predicted molar refractivity (Wildman–Crippen MR) is 100 cm³/mol. The molecule has 0 amide bonds. The van der Waals surface area contributed by atoms with Crippen LogP contribution >= 0.6 is 11.3 Å². The third-order valence-electron chi connectivity index (χ3n) is 4.20. The molecule has 2 aromatic carbocycles. The van der Waals surface area contributed by atoms with Gasteiger partial charge < -0.3 is 14.7 Å². The lowest BCUT2D eigenvalue weighted by Crippen LogP contribution is -2.26. The zero-order valence-electron chi connectivity index (χ0n) is 13.7. The number of amidine groups is 1. The van der Waals surface area contributed by atoms with Crippen molar-refractivity contribution in [2.45, 2.75) is 6.54 Å². The van der Waals surface area contributed by atoms with Crippen LogP contribution in [0.15, 0.2) is 54.3 Å². The minimum absolute atomic E-state index is 0.201. The summed E-state index contributed by atoms with van der Waals surface area (Å²) in [5.74, 6) is 1.29. The van der Waals surface area contributed by atoms with Crippen molar-refractivity contribution in [1.29, 1.82) is 5.41 Å². The van der Waals surface area contributed by atoms with Gasteiger partial charge in [-0.15, -0.1) is 11.3 Å². The molecule has 0 atom stereocenters. The SMILES string of the molecule is COc1cccc(CN2CC(O)=C(c3nc4ccccc4s3)C2=N)c1. The average Bonchev–Trinajstić information content (AvgIpc) is 3.15. The van der Waals surface area contributed by atoms with Crippen LogP contribution in [0.5, 0.6) is 5.75 Å². The molecule has 0 aliphatic carbocycles. The number of benzene rings is 2. The first kappa shape index (κ1) is 15.7. The van der Waals surface area contributed by atoms with E-state index in [0.717, 1.165) is 21.5 Å². The van der Waals surface area contributed by atoms with Crippen molar-refractivity contribution in [2.75, 3.05) is 13.7 Å². The smallest absolute Gasteiger partial charge is 0.135 e. The van der Waals surface area contributed by atoms with Crippen molar-refractivity contribution in [2.24, 2.45) is 0 Å². The molecule has 2 heterocycles. The molecule has 0 unspecified atom stereocenters. The Kier molecular flexibility index (Phi) is 3.89. The molecule has 6 heteroatoms. The molecule has 4 rings (SSSR count). The van der Waals surface area contributed by atoms with Crippen molar-refractivity contribution >= 4 is 33.0 Å². The van der Waals surface area contributed by atoms with E-state index >= 15 is 0 Å². The largest absolute Gasteiger partial charge is 0.510 e. The van der Waals surface area contributed by atoms with Crippen LogP contribution in [0.1, 0.15) is 10.6 Å². The van der Waals surface area contributed by atoms with E-state index in [0.29, 0.717) is 29.5 Å². The summed E-state index contributed by atoms with van der Waals surface area (Å²) in [6, 6.07) is 15.6. The molecule has 0 radical (unpaired) electrons. The molecule has 0 fully saturated rings. The van der Waals surface area contributed by atoms with Crippen LogP contribution in [0.3, 0.4) is 0 Å². The highest BCUT2D eigenvalue weighted by atomic mass is 32.1. The highest BCUT2D eigenvalue weighted by molar-refractivity contribution is 7.19. The first-order valence-corrected chi connectivity index (χ1v) is 8.72. The summed E-state index contributed by atoms with van der Waals surface area (Å²) in [5, 5.41) is 19.6. The summed E-state index contributed by atoms with van der Waals surface area (Å²) in [4.78, 5) is 6.42. The Labute approximate surface area is 149 Å². The molecule has 25 heavy (non-hydrogen) atoms. The number of hydrogen-bond acceptors (Lipinski definition) is 5. The van der Waals surface area contributed by atoms with E-state index in [4.69, 9.17) is 10.1 Å². The molecule has 5 nitrogen and oxygen atoms in total. The van der Waals surface area contributed by atoms with Gasteiger partial charge in [0.15, 0.2) is 0 Å². The number of aliphatic hydroxyl groups excluding tert-OH is 1. The average molecular weight is 351 g/mol. The lowest BCUT2D eigenvalue weighted by molar-refractivity contribution is 0.346. The zero-order valence-corrected chi connectivity index (χ0v) is 14.5. The summed E-state index contributed by atoms with van der Waals surface area (Å²) < 4.78 is 6.30. The molecule has 1 aromatic heterocycles. The Morgan fingerprint density at radius 2 is 2.08 bits per heavy atom. The number of nitrogens with zero attached hydrogens (tertiary/aromatic N) is 2. The number of hydrogen-bond donors (Lipinski definition) is 2. The normalized spacial score (nSPS) is 14.6. The number of fused-ring (bicyclic) bond motifs is 1. The minimum atomic E-state index is 0.201. The van der Waals surface area contributed by atoms with Gasteiger partial charge in [0.05, 0.1) is 29.4 Å². The number of rotatable bonds is 4. The van der Waals surface area contributed by atoms with Crippen LogP contribution in [0, 0.1) is 5.41 Å². The van der Waals surface area contributed by atoms with E-state index in [9.17, 15) is 5.11 Å². The molecule has 0 spiro atoms. The van der Waals surface area contributed by atoms with Crippen molar-refractivity contribution in [1.82, 2.24) is 9.88 Å². The molecular formula is C19H17N3O2S. The van der Waals surface area contributed by atoms with Gasteiger partial charge in [-0.05, 0) is 29.8 Å². The van der Waals surface area contributed by atoms with Gasteiger partial charge >= 0.3 is 0 Å². The summed E-state index contributed by atoms with van der Waals surface area (Å²) in [6.07, 6.45) is 0. The number of para-hydroxylation sites is 1. The molecule has 1 aliphatic rings. The van der Waals surface area contributed by atoms with E-state index in [1.54, 1.807) is 7.11 Å². The number of thiazole rings is 1. The van der Waals surface area contributed by atoms with Crippen molar-refractivity contribution in [3.05, 3.63) is 64.9 Å². The first-order valence-electron chi connectivity index (χ1n) is 7.90. The highest BCUT2D eigenvalue weighted by Crippen LogP contribution is 2.33. The fourth-order valence-corrected chi connectivity index (χ4v) is 4.00. The molecule has 2 N–H and O–H groups in total. The lowest BCUT2D eigenvalue weighted by atomic mass is 10.2. The second-order valence-electron chi connectivity index (χ2n) is 5.86. The van der Waals surface area contributed by atoms with Gasteiger partial charge in [-0.1, -0.05) is 24.3 Å². The molecule has 0 bridgehead atoms. The quantitative estimate of drug-likeness (QED) is 0.743. The molecule has 1 aliphatic heterocycles. The Morgan fingerprint density at radius 3 is 2.88 bits per heavy atom. The Balaban J connectivity index is 1.60.